The highest BCUT2D eigenvalue weighted by Gasteiger charge is 2.28. The maximum atomic E-state index is 13.0. The molecule has 27 heavy (non-hydrogen) atoms. The molecule has 0 amide bonds. The molecule has 0 aliphatic rings. The third-order valence-electron chi connectivity index (χ3n) is 4.87. The summed E-state index contributed by atoms with van der Waals surface area (Å²) in [5.74, 6) is -0.375. The standard InChI is InChI=1S/C24H21BrO2/c1-17(24(27)20-10-6-3-7-11-20)22(18-12-14-21(25)15-13-18)16-23(26)19-8-4-2-5-9-19/h2-15,17,22H,16H2,1H3/t17-,22-/m1/s1. The summed E-state index contributed by atoms with van der Waals surface area (Å²) in [7, 11) is 0. The predicted octanol–water partition coefficient (Wildman–Crippen LogP) is 6.32. The minimum absolute atomic E-state index is 0.0521. The van der Waals surface area contributed by atoms with Gasteiger partial charge in [-0.2, -0.15) is 0 Å². The summed E-state index contributed by atoms with van der Waals surface area (Å²) in [6.07, 6.45) is 0.297. The first kappa shape index (κ1) is 19.2. The third-order valence-corrected chi connectivity index (χ3v) is 5.40. The first-order valence-electron chi connectivity index (χ1n) is 8.99. The minimum atomic E-state index is -0.304. The van der Waals surface area contributed by atoms with Crippen molar-refractivity contribution in [2.75, 3.05) is 0 Å². The average Bonchev–Trinajstić information content (AvgIpc) is 2.73. The monoisotopic (exact) mass is 420 g/mol. The molecule has 0 radical (unpaired) electrons. The molecular weight excluding hydrogens is 400 g/mol. The fraction of sp³-hybridized carbons (Fsp3) is 0.167. The van der Waals surface area contributed by atoms with Crippen molar-refractivity contribution in [3.8, 4) is 0 Å². The molecule has 3 rings (SSSR count). The van der Waals surface area contributed by atoms with Crippen molar-refractivity contribution in [1.82, 2.24) is 0 Å². The third kappa shape index (κ3) is 4.81. The molecule has 0 spiro atoms. The van der Waals surface area contributed by atoms with Gasteiger partial charge in [-0.3, -0.25) is 9.59 Å². The van der Waals surface area contributed by atoms with Crippen molar-refractivity contribution in [2.24, 2.45) is 5.92 Å². The molecule has 3 aromatic carbocycles. The number of hydrogen-bond acceptors (Lipinski definition) is 2. The summed E-state index contributed by atoms with van der Waals surface area (Å²) in [5.41, 5.74) is 2.36. The van der Waals surface area contributed by atoms with E-state index in [9.17, 15) is 9.59 Å². The topological polar surface area (TPSA) is 34.1 Å². The van der Waals surface area contributed by atoms with Crippen LogP contribution in [0.2, 0.25) is 0 Å². The summed E-state index contributed by atoms with van der Waals surface area (Å²) >= 11 is 3.45. The van der Waals surface area contributed by atoms with E-state index in [1.54, 1.807) is 0 Å². The summed E-state index contributed by atoms with van der Waals surface area (Å²) in [6.45, 7) is 1.92. The van der Waals surface area contributed by atoms with E-state index in [1.165, 1.54) is 0 Å². The van der Waals surface area contributed by atoms with Crippen LogP contribution in [0.25, 0.3) is 0 Å². The van der Waals surface area contributed by atoms with Crippen molar-refractivity contribution < 1.29 is 9.59 Å². The summed E-state index contributed by atoms with van der Waals surface area (Å²) < 4.78 is 0.974. The molecule has 0 aromatic heterocycles. The smallest absolute Gasteiger partial charge is 0.166 e. The molecular formula is C24H21BrO2. The molecule has 3 aromatic rings. The fourth-order valence-electron chi connectivity index (χ4n) is 3.28. The maximum Gasteiger partial charge on any atom is 0.166 e. The van der Waals surface area contributed by atoms with Gasteiger partial charge in [0.15, 0.2) is 11.6 Å². The van der Waals surface area contributed by atoms with Crippen LogP contribution in [0.15, 0.2) is 89.4 Å². The number of carbonyl (C=O) groups excluding carboxylic acids is 2. The summed E-state index contributed by atoms with van der Waals surface area (Å²) in [4.78, 5) is 25.9. The molecule has 136 valence electrons. The van der Waals surface area contributed by atoms with Crippen LogP contribution in [0.3, 0.4) is 0 Å². The molecule has 0 saturated carbocycles. The number of ketones is 2. The second-order valence-electron chi connectivity index (χ2n) is 6.67. The lowest BCUT2D eigenvalue weighted by atomic mass is 9.79. The highest BCUT2D eigenvalue weighted by Crippen LogP contribution is 2.32. The van der Waals surface area contributed by atoms with Crippen LogP contribution < -0.4 is 0 Å². The molecule has 0 saturated heterocycles. The van der Waals surface area contributed by atoms with Crippen LogP contribution in [-0.4, -0.2) is 11.6 Å². The number of Topliss-reactive ketones (excluding diaryl/α,β-unsaturated/α-hetero) is 2. The van der Waals surface area contributed by atoms with Crippen LogP contribution >= 0.6 is 15.9 Å². The van der Waals surface area contributed by atoms with Crippen molar-refractivity contribution >= 4 is 27.5 Å². The highest BCUT2D eigenvalue weighted by atomic mass is 79.9. The van der Waals surface area contributed by atoms with E-state index in [4.69, 9.17) is 0 Å². The van der Waals surface area contributed by atoms with Crippen molar-refractivity contribution in [1.29, 1.82) is 0 Å². The van der Waals surface area contributed by atoms with E-state index in [-0.39, 0.29) is 23.4 Å². The van der Waals surface area contributed by atoms with E-state index in [0.717, 1.165) is 10.0 Å². The number of benzene rings is 3. The molecule has 0 aliphatic carbocycles. The lowest BCUT2D eigenvalue weighted by molar-refractivity contribution is 0.0888. The maximum absolute atomic E-state index is 13.0. The summed E-state index contributed by atoms with van der Waals surface area (Å²) in [5, 5.41) is 0. The van der Waals surface area contributed by atoms with Crippen molar-refractivity contribution in [3.63, 3.8) is 0 Å². The molecule has 0 fully saturated rings. The van der Waals surface area contributed by atoms with Gasteiger partial charge in [-0.25, -0.2) is 0 Å². The SMILES string of the molecule is C[C@@H](C(=O)c1ccccc1)[C@@H](CC(=O)c1ccccc1)c1ccc(Br)cc1. The zero-order valence-corrected chi connectivity index (χ0v) is 16.7. The van der Waals surface area contributed by atoms with Crippen LogP contribution in [0.1, 0.15) is 45.5 Å². The Morgan fingerprint density at radius 1 is 0.778 bits per heavy atom. The van der Waals surface area contributed by atoms with Gasteiger partial charge in [-0.1, -0.05) is 95.7 Å². The normalized spacial score (nSPS) is 13.0. The molecule has 0 N–H and O–H groups in total. The first-order chi connectivity index (χ1) is 13.1. The first-order valence-corrected chi connectivity index (χ1v) is 9.78. The Hall–Kier alpha value is -2.52. The zero-order chi connectivity index (χ0) is 19.2. The Morgan fingerprint density at radius 3 is 1.85 bits per heavy atom. The number of halogens is 1. The molecule has 0 unspecified atom stereocenters. The van der Waals surface area contributed by atoms with Gasteiger partial charge in [0.25, 0.3) is 0 Å². The van der Waals surface area contributed by atoms with Crippen molar-refractivity contribution in [3.05, 3.63) is 106 Å². The van der Waals surface area contributed by atoms with Crippen LogP contribution in [0.4, 0.5) is 0 Å². The van der Waals surface area contributed by atoms with E-state index in [1.807, 2.05) is 91.9 Å². The van der Waals surface area contributed by atoms with Gasteiger partial charge in [0.1, 0.15) is 0 Å². The Labute approximate surface area is 168 Å². The zero-order valence-electron chi connectivity index (χ0n) is 15.1. The molecule has 3 heteroatoms. The largest absolute Gasteiger partial charge is 0.294 e. The lowest BCUT2D eigenvalue weighted by Crippen LogP contribution is -2.22. The lowest BCUT2D eigenvalue weighted by Gasteiger charge is -2.23. The Balaban J connectivity index is 1.91. The quantitative estimate of drug-likeness (QED) is 0.418. The van der Waals surface area contributed by atoms with Gasteiger partial charge in [0.2, 0.25) is 0 Å². The molecule has 0 bridgehead atoms. The Bertz CT molecular complexity index is 902. The van der Waals surface area contributed by atoms with Crippen LogP contribution in [0, 0.1) is 5.92 Å². The van der Waals surface area contributed by atoms with E-state index in [0.29, 0.717) is 17.5 Å². The van der Waals surface area contributed by atoms with Gasteiger partial charge in [0, 0.05) is 33.9 Å². The average molecular weight is 421 g/mol. The fourth-order valence-corrected chi connectivity index (χ4v) is 3.55. The number of rotatable bonds is 7. The van der Waals surface area contributed by atoms with Gasteiger partial charge in [-0.15, -0.1) is 0 Å². The second-order valence-corrected chi connectivity index (χ2v) is 7.59. The number of hydrogen-bond donors (Lipinski definition) is 0. The van der Waals surface area contributed by atoms with E-state index in [2.05, 4.69) is 15.9 Å². The molecule has 2 nitrogen and oxygen atoms in total. The minimum Gasteiger partial charge on any atom is -0.294 e. The second kappa shape index (κ2) is 8.92. The van der Waals surface area contributed by atoms with Gasteiger partial charge >= 0.3 is 0 Å². The van der Waals surface area contributed by atoms with Gasteiger partial charge in [-0.05, 0) is 17.7 Å². The van der Waals surface area contributed by atoms with Crippen LogP contribution in [0.5, 0.6) is 0 Å². The van der Waals surface area contributed by atoms with E-state index < -0.39 is 0 Å². The Morgan fingerprint density at radius 2 is 1.30 bits per heavy atom. The van der Waals surface area contributed by atoms with Gasteiger partial charge in [0.05, 0.1) is 0 Å². The number of carbonyl (C=O) groups is 2. The van der Waals surface area contributed by atoms with Crippen molar-refractivity contribution in [2.45, 2.75) is 19.3 Å². The van der Waals surface area contributed by atoms with Crippen LogP contribution in [-0.2, 0) is 0 Å². The summed E-state index contributed by atoms with van der Waals surface area (Å²) in [6, 6.07) is 26.4. The molecule has 0 heterocycles. The predicted molar refractivity (Wildman–Crippen MR) is 112 cm³/mol. The van der Waals surface area contributed by atoms with Gasteiger partial charge < -0.3 is 0 Å². The Kier molecular flexibility index (Phi) is 6.36. The van der Waals surface area contributed by atoms with E-state index >= 15 is 0 Å². The molecule has 2 atom stereocenters. The molecule has 0 aliphatic heterocycles. The highest BCUT2D eigenvalue weighted by molar-refractivity contribution is 9.10.